The topological polar surface area (TPSA) is 49.9 Å². The number of hydrogen-bond acceptors (Lipinski definition) is 4. The maximum atomic E-state index is 13.6. The molecule has 0 saturated heterocycles. The lowest BCUT2D eigenvalue weighted by Gasteiger charge is -2.22. The molecule has 5 heteroatoms. The van der Waals surface area contributed by atoms with Crippen LogP contribution in [-0.4, -0.2) is 43.0 Å². The molecule has 0 radical (unpaired) electrons. The lowest BCUT2D eigenvalue weighted by Crippen LogP contribution is -2.36. The highest BCUT2D eigenvalue weighted by Gasteiger charge is 2.43. The van der Waals surface area contributed by atoms with E-state index in [-0.39, 0.29) is 11.8 Å². The summed E-state index contributed by atoms with van der Waals surface area (Å²) in [5.74, 6) is -0.398. The molecule has 0 fully saturated rings. The van der Waals surface area contributed by atoms with Gasteiger partial charge in [0.1, 0.15) is 5.70 Å². The van der Waals surface area contributed by atoms with Gasteiger partial charge in [0.25, 0.3) is 11.8 Å². The summed E-state index contributed by atoms with van der Waals surface area (Å²) < 4.78 is 5.65. The molecule has 0 bridgehead atoms. The third-order valence-corrected chi connectivity index (χ3v) is 6.26. The minimum absolute atomic E-state index is 0.199. The molecule has 2 aliphatic rings. The first-order valence-corrected chi connectivity index (χ1v) is 11.6. The molecular weight excluding hydrogens is 400 g/mol. The van der Waals surface area contributed by atoms with E-state index in [9.17, 15) is 9.59 Å². The maximum absolute atomic E-state index is 13.6. The van der Waals surface area contributed by atoms with E-state index >= 15 is 0 Å². The fraction of sp³-hybridized carbons (Fsp3) is 0.407. The van der Waals surface area contributed by atoms with Crippen LogP contribution >= 0.6 is 0 Å². The normalized spacial score (nSPS) is 15.8. The fourth-order valence-corrected chi connectivity index (χ4v) is 4.60. The van der Waals surface area contributed by atoms with Gasteiger partial charge < -0.3 is 9.64 Å². The Morgan fingerprint density at radius 1 is 0.969 bits per heavy atom. The summed E-state index contributed by atoms with van der Waals surface area (Å²) in [5, 5.41) is 0. The average molecular weight is 433 g/mol. The Morgan fingerprint density at radius 3 is 2.53 bits per heavy atom. The molecule has 0 spiro atoms. The molecule has 168 valence electrons. The number of anilines is 1. The maximum Gasteiger partial charge on any atom is 0.278 e. The third kappa shape index (κ3) is 4.22. The van der Waals surface area contributed by atoms with Crippen LogP contribution in [0.4, 0.5) is 5.69 Å². The Hall–Kier alpha value is -2.92. The average Bonchev–Trinajstić information content (AvgIpc) is 3.30. The Kier molecular flexibility index (Phi) is 6.75. The summed E-state index contributed by atoms with van der Waals surface area (Å²) in [6, 6.07) is 14.2. The molecule has 4 rings (SSSR count). The zero-order chi connectivity index (χ0) is 22.7. The van der Waals surface area contributed by atoms with Crippen LogP contribution in [0.1, 0.15) is 48.4 Å². The number of ether oxygens (including phenoxy) is 1. The number of para-hydroxylation sites is 1. The van der Waals surface area contributed by atoms with Crippen molar-refractivity contribution in [1.29, 1.82) is 0 Å². The quantitative estimate of drug-likeness (QED) is 0.427. The van der Waals surface area contributed by atoms with Gasteiger partial charge in [-0.05, 0) is 55.9 Å². The van der Waals surface area contributed by atoms with Gasteiger partial charge in [0.15, 0.2) is 0 Å². The van der Waals surface area contributed by atoms with E-state index in [0.717, 1.165) is 48.2 Å². The summed E-state index contributed by atoms with van der Waals surface area (Å²) in [7, 11) is 0. The van der Waals surface area contributed by atoms with Crippen LogP contribution in [-0.2, 0) is 20.7 Å². The lowest BCUT2D eigenvalue weighted by molar-refractivity contribution is -0.137. The molecule has 2 aromatic rings. The van der Waals surface area contributed by atoms with Gasteiger partial charge >= 0.3 is 0 Å². The number of fused-ring (bicyclic) bond motifs is 1. The molecule has 0 aromatic heterocycles. The number of benzene rings is 2. The largest absolute Gasteiger partial charge is 0.381 e. The standard InChI is InChI=1S/C27H32N2O3/c1-4-5-16-32-17-8-14-29-26(30)24(22-12-11-19(2)18-20(22)3)25(27(29)31)28-15-13-21-9-6-7-10-23(21)28/h6-7,9-12,18H,4-5,8,13-17H2,1-3H3. The van der Waals surface area contributed by atoms with Gasteiger partial charge in [-0.3, -0.25) is 14.5 Å². The van der Waals surface area contributed by atoms with Gasteiger partial charge in [0.2, 0.25) is 0 Å². The zero-order valence-electron chi connectivity index (χ0n) is 19.3. The minimum Gasteiger partial charge on any atom is -0.381 e. The molecule has 2 amide bonds. The summed E-state index contributed by atoms with van der Waals surface area (Å²) >= 11 is 0. The van der Waals surface area contributed by atoms with Gasteiger partial charge in [-0.2, -0.15) is 0 Å². The number of unbranched alkanes of at least 4 members (excludes halogenated alkanes) is 1. The molecule has 0 N–H and O–H groups in total. The van der Waals surface area contributed by atoms with Crippen LogP contribution in [0.5, 0.6) is 0 Å². The first-order valence-electron chi connectivity index (χ1n) is 11.6. The first-order chi connectivity index (χ1) is 15.5. The minimum atomic E-state index is -0.199. The molecule has 5 nitrogen and oxygen atoms in total. The van der Waals surface area contributed by atoms with E-state index in [0.29, 0.717) is 37.4 Å². The number of carbonyl (C=O) groups excluding carboxylic acids is 2. The summed E-state index contributed by atoms with van der Waals surface area (Å²) in [6.07, 6.45) is 3.63. The van der Waals surface area contributed by atoms with Gasteiger partial charge in [-0.15, -0.1) is 0 Å². The van der Waals surface area contributed by atoms with Gasteiger partial charge in [-0.1, -0.05) is 55.3 Å². The van der Waals surface area contributed by atoms with Crippen molar-refractivity contribution in [3.05, 3.63) is 70.4 Å². The number of rotatable bonds is 9. The Morgan fingerprint density at radius 2 is 1.75 bits per heavy atom. The summed E-state index contributed by atoms with van der Waals surface area (Å²) in [5.41, 5.74) is 6.26. The lowest BCUT2D eigenvalue weighted by atomic mass is 9.97. The first kappa shape index (κ1) is 22.3. The van der Waals surface area contributed by atoms with E-state index in [1.807, 2.05) is 49.1 Å². The van der Waals surface area contributed by atoms with Crippen molar-refractivity contribution in [2.45, 2.75) is 46.5 Å². The molecule has 2 aliphatic heterocycles. The molecule has 2 aromatic carbocycles. The highest BCUT2D eigenvalue weighted by atomic mass is 16.5. The van der Waals surface area contributed by atoms with Crippen molar-refractivity contribution in [2.24, 2.45) is 0 Å². The second-order valence-electron chi connectivity index (χ2n) is 8.65. The second kappa shape index (κ2) is 9.70. The summed E-state index contributed by atoms with van der Waals surface area (Å²) in [6.45, 7) is 8.52. The number of imide groups is 1. The fourth-order valence-electron chi connectivity index (χ4n) is 4.60. The van der Waals surface area contributed by atoms with Gasteiger partial charge in [-0.25, -0.2) is 0 Å². The number of amides is 2. The van der Waals surface area contributed by atoms with E-state index in [1.54, 1.807) is 0 Å². The molecule has 0 aliphatic carbocycles. The number of aryl methyl sites for hydroxylation is 2. The predicted molar refractivity (Wildman–Crippen MR) is 127 cm³/mol. The smallest absolute Gasteiger partial charge is 0.278 e. The van der Waals surface area contributed by atoms with Crippen molar-refractivity contribution >= 4 is 23.1 Å². The second-order valence-corrected chi connectivity index (χ2v) is 8.65. The van der Waals surface area contributed by atoms with Crippen molar-refractivity contribution in [1.82, 2.24) is 4.90 Å². The highest BCUT2D eigenvalue weighted by molar-refractivity contribution is 6.37. The van der Waals surface area contributed by atoms with E-state index in [4.69, 9.17) is 4.74 Å². The zero-order valence-corrected chi connectivity index (χ0v) is 19.3. The molecular formula is C27H32N2O3. The Bertz CT molecular complexity index is 1060. The highest BCUT2D eigenvalue weighted by Crippen LogP contribution is 2.39. The molecule has 0 atom stereocenters. The van der Waals surface area contributed by atoms with E-state index < -0.39 is 0 Å². The number of nitrogens with zero attached hydrogens (tertiary/aromatic N) is 2. The molecule has 2 heterocycles. The van der Waals surface area contributed by atoms with Crippen molar-refractivity contribution in [3.8, 4) is 0 Å². The summed E-state index contributed by atoms with van der Waals surface area (Å²) in [4.78, 5) is 30.6. The van der Waals surface area contributed by atoms with Gasteiger partial charge in [0, 0.05) is 32.0 Å². The van der Waals surface area contributed by atoms with Crippen LogP contribution in [0.15, 0.2) is 48.2 Å². The number of carbonyl (C=O) groups is 2. The van der Waals surface area contributed by atoms with Crippen molar-refractivity contribution in [3.63, 3.8) is 0 Å². The Labute approximate surface area is 190 Å². The van der Waals surface area contributed by atoms with Crippen LogP contribution in [0.3, 0.4) is 0 Å². The van der Waals surface area contributed by atoms with Crippen LogP contribution in [0.25, 0.3) is 5.57 Å². The van der Waals surface area contributed by atoms with E-state index in [1.165, 1.54) is 10.5 Å². The molecule has 0 unspecified atom stereocenters. The number of hydrogen-bond donors (Lipinski definition) is 0. The van der Waals surface area contributed by atoms with Crippen molar-refractivity contribution < 1.29 is 14.3 Å². The molecule has 0 saturated carbocycles. The molecule has 32 heavy (non-hydrogen) atoms. The van der Waals surface area contributed by atoms with Crippen LogP contribution in [0, 0.1) is 13.8 Å². The van der Waals surface area contributed by atoms with Crippen LogP contribution < -0.4 is 4.90 Å². The predicted octanol–water partition coefficient (Wildman–Crippen LogP) is 4.65. The van der Waals surface area contributed by atoms with Crippen LogP contribution in [0.2, 0.25) is 0 Å². The van der Waals surface area contributed by atoms with Crippen molar-refractivity contribution in [2.75, 3.05) is 31.2 Å². The SMILES string of the molecule is CCCCOCCCN1C(=O)C(c2ccc(C)cc2C)=C(N2CCc3ccccc32)C1=O. The van der Waals surface area contributed by atoms with E-state index in [2.05, 4.69) is 19.1 Å². The monoisotopic (exact) mass is 432 g/mol. The third-order valence-electron chi connectivity index (χ3n) is 6.26. The Balaban J connectivity index is 1.66. The van der Waals surface area contributed by atoms with Gasteiger partial charge in [0.05, 0.1) is 5.57 Å².